The third-order valence-corrected chi connectivity index (χ3v) is 2.73. The molecule has 72 valence electrons. The maximum atomic E-state index is 7.15. The summed E-state index contributed by atoms with van der Waals surface area (Å²) in [6.07, 6.45) is 0.997. The summed E-state index contributed by atoms with van der Waals surface area (Å²) in [7, 11) is 0. The van der Waals surface area contributed by atoms with Gasteiger partial charge < -0.3 is 5.32 Å². The summed E-state index contributed by atoms with van der Waals surface area (Å²) in [4.78, 5) is 7.99. The fourth-order valence-corrected chi connectivity index (χ4v) is 2.05. The van der Waals surface area contributed by atoms with Crippen molar-refractivity contribution < 1.29 is 0 Å². The molecule has 0 fully saturated rings. The van der Waals surface area contributed by atoms with Gasteiger partial charge in [0.15, 0.2) is 0 Å². The van der Waals surface area contributed by atoms with E-state index in [4.69, 9.17) is 6.57 Å². The van der Waals surface area contributed by atoms with Gasteiger partial charge in [-0.1, -0.05) is 0 Å². The summed E-state index contributed by atoms with van der Waals surface area (Å²) < 4.78 is 0. The van der Waals surface area contributed by atoms with Gasteiger partial charge in [-0.2, -0.15) is 0 Å². The van der Waals surface area contributed by atoms with Gasteiger partial charge in [-0.3, -0.25) is 4.98 Å². The van der Waals surface area contributed by atoms with Crippen molar-refractivity contribution in [2.24, 2.45) is 0 Å². The van der Waals surface area contributed by atoms with Gasteiger partial charge in [-0.05, 0) is 37.9 Å². The lowest BCUT2D eigenvalue weighted by Crippen LogP contribution is -2.25. The van der Waals surface area contributed by atoms with Crippen molar-refractivity contribution in [3.63, 3.8) is 0 Å². The monoisotopic (exact) mass is 187 g/mol. The first-order chi connectivity index (χ1) is 6.74. The maximum absolute atomic E-state index is 7.15. The van der Waals surface area contributed by atoms with Gasteiger partial charge in [-0.25, -0.2) is 4.85 Å². The van der Waals surface area contributed by atoms with E-state index in [0.29, 0.717) is 0 Å². The second-order valence-corrected chi connectivity index (χ2v) is 3.63. The van der Waals surface area contributed by atoms with E-state index < -0.39 is 0 Å². The lowest BCUT2D eigenvalue weighted by Gasteiger charge is -2.21. The van der Waals surface area contributed by atoms with Crippen molar-refractivity contribution in [1.29, 1.82) is 0 Å². The van der Waals surface area contributed by atoms with Crippen molar-refractivity contribution in [3.05, 3.63) is 33.9 Å². The van der Waals surface area contributed by atoms with Crippen molar-refractivity contribution in [2.45, 2.75) is 26.8 Å². The molecule has 1 aliphatic rings. The van der Waals surface area contributed by atoms with Crippen LogP contribution in [0.2, 0.25) is 0 Å². The molecule has 3 heteroatoms. The molecule has 0 amide bonds. The molecule has 0 bridgehead atoms. The first-order valence-electron chi connectivity index (χ1n) is 4.81. The average Bonchev–Trinajstić information content (AvgIpc) is 2.18. The summed E-state index contributed by atoms with van der Waals surface area (Å²) >= 11 is 0. The Balaban J connectivity index is 2.69. The molecule has 0 aromatic carbocycles. The van der Waals surface area contributed by atoms with Gasteiger partial charge in [0.25, 0.3) is 0 Å². The van der Waals surface area contributed by atoms with E-state index in [1.807, 2.05) is 13.8 Å². The second kappa shape index (κ2) is 3.39. The molecule has 0 saturated carbocycles. The van der Waals surface area contributed by atoms with Crippen LogP contribution in [0.4, 0.5) is 5.69 Å². The summed E-state index contributed by atoms with van der Waals surface area (Å²) in [6, 6.07) is 0. The molecule has 2 rings (SSSR count). The number of nitrogens with zero attached hydrogens (tertiary/aromatic N) is 2. The Labute approximate surface area is 84.0 Å². The van der Waals surface area contributed by atoms with Gasteiger partial charge in [0.05, 0.1) is 6.57 Å². The van der Waals surface area contributed by atoms with Gasteiger partial charge >= 0.3 is 0 Å². The standard InChI is InChI=1S/C11H13N3/c1-7-9-4-5-13-6-10(9)11(12-3)8(2)14-7/h13H,4-6H2,1-2H3. The van der Waals surface area contributed by atoms with E-state index in [-0.39, 0.29) is 0 Å². The molecule has 3 nitrogen and oxygen atoms in total. The van der Waals surface area contributed by atoms with Crippen LogP contribution in [0.5, 0.6) is 0 Å². The highest BCUT2D eigenvalue weighted by atomic mass is 14.9. The van der Waals surface area contributed by atoms with Crippen LogP contribution in [0.25, 0.3) is 4.85 Å². The fourth-order valence-electron chi connectivity index (χ4n) is 2.05. The largest absolute Gasteiger partial charge is 0.314 e. The fraction of sp³-hybridized carbons (Fsp3) is 0.455. The molecule has 1 aromatic rings. The SMILES string of the molecule is [C-]#[N+]c1c(C)nc(C)c2c1CNCC2. The highest BCUT2D eigenvalue weighted by Crippen LogP contribution is 2.29. The molecule has 0 unspecified atom stereocenters. The molecule has 0 saturated heterocycles. The molecule has 0 spiro atoms. The molecule has 0 atom stereocenters. The normalized spacial score (nSPS) is 14.6. The van der Waals surface area contributed by atoms with Crippen molar-refractivity contribution in [3.8, 4) is 0 Å². The molecule has 1 aromatic heterocycles. The number of hydrogen-bond acceptors (Lipinski definition) is 2. The van der Waals surface area contributed by atoms with Crippen LogP contribution in [0.15, 0.2) is 0 Å². The second-order valence-electron chi connectivity index (χ2n) is 3.63. The molecular formula is C11H13N3. The van der Waals surface area contributed by atoms with E-state index in [1.165, 1.54) is 5.56 Å². The number of hydrogen-bond donors (Lipinski definition) is 1. The highest BCUT2D eigenvalue weighted by molar-refractivity contribution is 5.60. The molecule has 1 N–H and O–H groups in total. The summed E-state index contributed by atoms with van der Waals surface area (Å²) in [5, 5.41) is 3.30. The molecule has 0 radical (unpaired) electrons. The first-order valence-corrected chi connectivity index (χ1v) is 4.81. The number of nitrogens with one attached hydrogen (secondary N) is 1. The number of aromatic nitrogens is 1. The van der Waals surface area contributed by atoms with E-state index in [1.54, 1.807) is 0 Å². The smallest absolute Gasteiger partial charge is 0.212 e. The zero-order chi connectivity index (χ0) is 10.1. The lowest BCUT2D eigenvalue weighted by atomic mass is 9.97. The van der Waals surface area contributed by atoms with E-state index in [0.717, 1.165) is 42.1 Å². The number of fused-ring (bicyclic) bond motifs is 1. The zero-order valence-corrected chi connectivity index (χ0v) is 8.52. The molecule has 14 heavy (non-hydrogen) atoms. The number of rotatable bonds is 0. The van der Waals surface area contributed by atoms with Crippen LogP contribution in [0.3, 0.4) is 0 Å². The van der Waals surface area contributed by atoms with Gasteiger partial charge in [0.2, 0.25) is 5.69 Å². The third-order valence-electron chi connectivity index (χ3n) is 2.73. The van der Waals surface area contributed by atoms with Crippen molar-refractivity contribution in [2.75, 3.05) is 6.54 Å². The number of aryl methyl sites for hydroxylation is 2. The van der Waals surface area contributed by atoms with E-state index >= 15 is 0 Å². The predicted octanol–water partition coefficient (Wildman–Crippen LogP) is 1.89. The van der Waals surface area contributed by atoms with E-state index in [9.17, 15) is 0 Å². The minimum absolute atomic E-state index is 0.748. The Hall–Kier alpha value is -1.40. The first kappa shape index (κ1) is 9.17. The Morgan fingerprint density at radius 3 is 2.79 bits per heavy atom. The van der Waals surface area contributed by atoms with Gasteiger partial charge in [-0.15, -0.1) is 0 Å². The maximum Gasteiger partial charge on any atom is 0.212 e. The Kier molecular flexibility index (Phi) is 2.22. The summed E-state index contributed by atoms with van der Waals surface area (Å²) in [5.41, 5.74) is 5.14. The summed E-state index contributed by atoms with van der Waals surface area (Å²) in [5.74, 6) is 0. The summed E-state index contributed by atoms with van der Waals surface area (Å²) in [6.45, 7) is 12.9. The lowest BCUT2D eigenvalue weighted by molar-refractivity contribution is 0.638. The molecule has 0 aliphatic carbocycles. The van der Waals surface area contributed by atoms with Crippen LogP contribution < -0.4 is 5.32 Å². The molecular weight excluding hydrogens is 174 g/mol. The van der Waals surface area contributed by atoms with Gasteiger partial charge in [0.1, 0.15) is 0 Å². The topological polar surface area (TPSA) is 29.3 Å². The minimum Gasteiger partial charge on any atom is -0.314 e. The zero-order valence-electron chi connectivity index (χ0n) is 8.52. The average molecular weight is 187 g/mol. The van der Waals surface area contributed by atoms with Gasteiger partial charge in [0, 0.05) is 17.9 Å². The van der Waals surface area contributed by atoms with Crippen LogP contribution in [0.1, 0.15) is 22.5 Å². The van der Waals surface area contributed by atoms with E-state index in [2.05, 4.69) is 15.1 Å². The number of pyridine rings is 1. The molecule has 1 aliphatic heterocycles. The van der Waals surface area contributed by atoms with Crippen LogP contribution in [0, 0.1) is 20.4 Å². The highest BCUT2D eigenvalue weighted by Gasteiger charge is 2.17. The van der Waals surface area contributed by atoms with Crippen LogP contribution >= 0.6 is 0 Å². The minimum atomic E-state index is 0.748. The van der Waals surface area contributed by atoms with Crippen LogP contribution in [-0.2, 0) is 13.0 Å². The Morgan fingerprint density at radius 2 is 2.07 bits per heavy atom. The third kappa shape index (κ3) is 1.28. The van der Waals surface area contributed by atoms with Crippen LogP contribution in [-0.4, -0.2) is 11.5 Å². The Bertz CT molecular complexity index is 416. The Morgan fingerprint density at radius 1 is 1.29 bits per heavy atom. The quantitative estimate of drug-likeness (QED) is 0.628. The van der Waals surface area contributed by atoms with Crippen molar-refractivity contribution >= 4 is 5.69 Å². The predicted molar refractivity (Wildman–Crippen MR) is 55.4 cm³/mol. The molecule has 2 heterocycles. The van der Waals surface area contributed by atoms with Crippen molar-refractivity contribution in [1.82, 2.24) is 10.3 Å².